The van der Waals surface area contributed by atoms with Crippen LogP contribution in [0.4, 0.5) is 0 Å². The Morgan fingerprint density at radius 3 is 2.86 bits per heavy atom. The van der Waals surface area contributed by atoms with Gasteiger partial charge in [0.2, 0.25) is 0 Å². The van der Waals surface area contributed by atoms with Crippen molar-refractivity contribution < 1.29 is 4.79 Å². The normalized spacial score (nSPS) is 10.5. The monoisotopic (exact) mass is 274 g/mol. The molecule has 0 aliphatic heterocycles. The molecule has 2 aromatic carbocycles. The summed E-state index contributed by atoms with van der Waals surface area (Å²) in [6.07, 6.45) is 3.53. The van der Waals surface area contributed by atoms with Crippen LogP contribution in [0, 0.1) is 0 Å². The summed E-state index contributed by atoms with van der Waals surface area (Å²) in [6, 6.07) is 15.7. The number of fused-ring (bicyclic) bond motifs is 1. The molecule has 1 heterocycles. The number of hydrogen-bond acceptors (Lipinski definition) is 2. The number of hydrogen-bond donors (Lipinski definition) is 1. The average Bonchev–Trinajstić information content (AvgIpc) is 2.52. The summed E-state index contributed by atoms with van der Waals surface area (Å²) in [6.45, 7) is 0.537. The Bertz CT molecular complexity index is 801. The van der Waals surface area contributed by atoms with Crippen LogP contribution in [0.25, 0.3) is 10.8 Å². The molecule has 21 heavy (non-hydrogen) atoms. The molecule has 1 aromatic heterocycles. The number of nitrogens with one attached hydrogen (secondary N) is 1. The van der Waals surface area contributed by atoms with E-state index in [1.807, 2.05) is 50.3 Å². The Morgan fingerprint density at radius 1 is 1.10 bits per heavy atom. The van der Waals surface area contributed by atoms with E-state index in [4.69, 9.17) is 0 Å². The Hall–Kier alpha value is -2.62. The summed E-state index contributed by atoms with van der Waals surface area (Å²) in [5.74, 6) is -0.0600. The van der Waals surface area contributed by atoms with Crippen molar-refractivity contribution >= 4 is 30.0 Å². The van der Waals surface area contributed by atoms with Gasteiger partial charge in [-0.05, 0) is 29.1 Å². The van der Waals surface area contributed by atoms with Crippen LogP contribution in [-0.2, 0) is 6.54 Å². The minimum absolute atomic E-state index is 0.0600. The Balaban J connectivity index is 1.74. The molecule has 1 amide bonds. The van der Waals surface area contributed by atoms with E-state index in [9.17, 15) is 4.79 Å². The molecule has 0 aliphatic carbocycles. The second-order valence-corrected chi connectivity index (χ2v) is 5.11. The molecule has 0 saturated carbocycles. The van der Waals surface area contributed by atoms with Crippen molar-refractivity contribution in [2.75, 3.05) is 0 Å². The minimum atomic E-state index is -0.0600. The molecule has 0 atom stereocenters. The van der Waals surface area contributed by atoms with Crippen molar-refractivity contribution in [2.24, 2.45) is 0 Å². The molecule has 102 valence electrons. The summed E-state index contributed by atoms with van der Waals surface area (Å²) in [5.41, 5.74) is 2.97. The highest BCUT2D eigenvalue weighted by Gasteiger charge is 2.06. The molecule has 1 N–H and O–H groups in total. The molecule has 3 rings (SSSR count). The van der Waals surface area contributed by atoms with Crippen molar-refractivity contribution in [2.45, 2.75) is 6.54 Å². The average molecular weight is 274 g/mol. The first-order valence-corrected chi connectivity index (χ1v) is 6.90. The summed E-state index contributed by atoms with van der Waals surface area (Å²) >= 11 is 0. The molecule has 0 bridgehead atoms. The van der Waals surface area contributed by atoms with Gasteiger partial charge in [-0.25, -0.2) is 0 Å². The molecule has 4 heteroatoms. The van der Waals surface area contributed by atoms with Gasteiger partial charge in [-0.3, -0.25) is 9.78 Å². The van der Waals surface area contributed by atoms with E-state index in [2.05, 4.69) is 16.4 Å². The van der Waals surface area contributed by atoms with Crippen LogP contribution in [-0.4, -0.2) is 18.7 Å². The van der Waals surface area contributed by atoms with Crippen molar-refractivity contribution in [3.05, 3.63) is 72.1 Å². The van der Waals surface area contributed by atoms with Gasteiger partial charge in [-0.15, -0.1) is 0 Å². The van der Waals surface area contributed by atoms with Gasteiger partial charge in [0, 0.05) is 29.9 Å². The number of amides is 1. The van der Waals surface area contributed by atoms with E-state index in [1.54, 1.807) is 12.4 Å². The van der Waals surface area contributed by atoms with Gasteiger partial charge in [0.05, 0.1) is 0 Å². The van der Waals surface area contributed by atoms with Gasteiger partial charge in [0.1, 0.15) is 7.85 Å². The van der Waals surface area contributed by atoms with E-state index >= 15 is 0 Å². The van der Waals surface area contributed by atoms with Crippen LogP contribution >= 0.6 is 0 Å². The first kappa shape index (κ1) is 13.4. The van der Waals surface area contributed by atoms with Crippen molar-refractivity contribution in [1.29, 1.82) is 0 Å². The second kappa shape index (κ2) is 5.79. The standard InChI is InChI=1S/C17H15BN2O/c18-16-3-1-2-12(8-16)10-20-17(21)14-4-5-15-11-19-7-6-13(15)9-14/h1-9,11H,10,18H2,(H,20,21). The maximum atomic E-state index is 12.2. The third-order valence-corrected chi connectivity index (χ3v) is 3.44. The lowest BCUT2D eigenvalue weighted by Gasteiger charge is -2.07. The van der Waals surface area contributed by atoms with Crippen LogP contribution in [0.3, 0.4) is 0 Å². The van der Waals surface area contributed by atoms with E-state index in [-0.39, 0.29) is 5.91 Å². The Labute approximate surface area is 124 Å². The van der Waals surface area contributed by atoms with Gasteiger partial charge < -0.3 is 5.32 Å². The predicted molar refractivity (Wildman–Crippen MR) is 87.5 cm³/mol. The number of pyridine rings is 1. The van der Waals surface area contributed by atoms with E-state index in [1.165, 1.54) is 5.46 Å². The molecule has 0 unspecified atom stereocenters. The highest BCUT2D eigenvalue weighted by Crippen LogP contribution is 2.14. The maximum absolute atomic E-state index is 12.2. The van der Waals surface area contributed by atoms with Gasteiger partial charge in [-0.2, -0.15) is 0 Å². The maximum Gasteiger partial charge on any atom is 0.251 e. The van der Waals surface area contributed by atoms with Gasteiger partial charge in [0.15, 0.2) is 0 Å². The zero-order valence-corrected chi connectivity index (χ0v) is 11.8. The molecule has 0 spiro atoms. The number of carbonyl (C=O) groups excluding carboxylic acids is 1. The zero-order valence-electron chi connectivity index (χ0n) is 11.8. The molecular weight excluding hydrogens is 259 g/mol. The summed E-state index contributed by atoms with van der Waals surface area (Å²) < 4.78 is 0. The number of aromatic nitrogens is 1. The van der Waals surface area contributed by atoms with Crippen molar-refractivity contribution in [1.82, 2.24) is 10.3 Å². The quantitative estimate of drug-likeness (QED) is 0.734. The summed E-state index contributed by atoms with van der Waals surface area (Å²) in [7, 11) is 2.04. The molecule has 0 aliphatic rings. The van der Waals surface area contributed by atoms with Crippen molar-refractivity contribution in [3.8, 4) is 0 Å². The first-order valence-electron chi connectivity index (χ1n) is 6.90. The molecule has 3 aromatic rings. The number of rotatable bonds is 3. The lowest BCUT2D eigenvalue weighted by molar-refractivity contribution is 0.0951. The highest BCUT2D eigenvalue weighted by molar-refractivity contribution is 6.32. The van der Waals surface area contributed by atoms with E-state index < -0.39 is 0 Å². The molecule has 0 radical (unpaired) electrons. The van der Waals surface area contributed by atoms with E-state index in [0.29, 0.717) is 12.1 Å². The lowest BCUT2D eigenvalue weighted by atomic mass is 9.94. The van der Waals surface area contributed by atoms with Gasteiger partial charge in [-0.1, -0.05) is 35.8 Å². The van der Waals surface area contributed by atoms with Crippen LogP contribution in [0.5, 0.6) is 0 Å². The largest absolute Gasteiger partial charge is 0.348 e. The summed E-state index contributed by atoms with van der Waals surface area (Å²) in [5, 5.41) is 5.01. The van der Waals surface area contributed by atoms with Crippen molar-refractivity contribution in [3.63, 3.8) is 0 Å². The first-order chi connectivity index (χ1) is 10.2. The van der Waals surface area contributed by atoms with Crippen LogP contribution in [0.2, 0.25) is 0 Å². The number of benzene rings is 2. The third kappa shape index (κ3) is 3.11. The fraction of sp³-hybridized carbons (Fsp3) is 0.0588. The smallest absolute Gasteiger partial charge is 0.251 e. The van der Waals surface area contributed by atoms with E-state index in [0.717, 1.165) is 16.3 Å². The lowest BCUT2D eigenvalue weighted by Crippen LogP contribution is -2.23. The van der Waals surface area contributed by atoms with Gasteiger partial charge in [0.25, 0.3) is 5.91 Å². The Kier molecular flexibility index (Phi) is 3.69. The number of nitrogens with zero attached hydrogens (tertiary/aromatic N) is 1. The SMILES string of the molecule is Bc1cccc(CNC(=O)c2ccc3cnccc3c2)c1. The predicted octanol–water partition coefficient (Wildman–Crippen LogP) is 1.42. The molecule has 3 nitrogen and oxygen atoms in total. The van der Waals surface area contributed by atoms with Crippen LogP contribution in [0.1, 0.15) is 15.9 Å². The third-order valence-electron chi connectivity index (χ3n) is 3.44. The Morgan fingerprint density at radius 2 is 2.00 bits per heavy atom. The van der Waals surface area contributed by atoms with Crippen LogP contribution in [0.15, 0.2) is 60.9 Å². The van der Waals surface area contributed by atoms with Gasteiger partial charge >= 0.3 is 0 Å². The fourth-order valence-corrected chi connectivity index (χ4v) is 2.33. The topological polar surface area (TPSA) is 42.0 Å². The molecule has 0 saturated heterocycles. The molecular formula is C17H15BN2O. The second-order valence-electron chi connectivity index (χ2n) is 5.11. The van der Waals surface area contributed by atoms with Crippen LogP contribution < -0.4 is 10.8 Å². The minimum Gasteiger partial charge on any atom is -0.348 e. The zero-order chi connectivity index (χ0) is 14.7. The highest BCUT2D eigenvalue weighted by atomic mass is 16.1. The summed E-state index contributed by atoms with van der Waals surface area (Å²) in [4.78, 5) is 16.3. The molecule has 0 fully saturated rings. The number of carbonyl (C=O) groups is 1. The fourth-order valence-electron chi connectivity index (χ4n) is 2.33.